The minimum absolute atomic E-state index is 0.0359. The summed E-state index contributed by atoms with van der Waals surface area (Å²) in [6.07, 6.45) is 0. The molecule has 4 rings (SSSR count). The summed E-state index contributed by atoms with van der Waals surface area (Å²) >= 11 is 12.6. The fourth-order valence-corrected chi connectivity index (χ4v) is 3.38. The van der Waals surface area contributed by atoms with E-state index in [1.54, 1.807) is 6.07 Å². The molecule has 0 spiro atoms. The first kappa shape index (κ1) is 16.7. The summed E-state index contributed by atoms with van der Waals surface area (Å²) in [5.41, 5.74) is 3.37. The van der Waals surface area contributed by atoms with Gasteiger partial charge in [0, 0.05) is 26.6 Å². The van der Waals surface area contributed by atoms with E-state index >= 15 is 0 Å². The summed E-state index contributed by atoms with van der Waals surface area (Å²) < 4.78 is 0. The van der Waals surface area contributed by atoms with Gasteiger partial charge in [-0.05, 0) is 54.1 Å². The van der Waals surface area contributed by atoms with E-state index in [1.165, 1.54) is 18.2 Å². The molecule has 128 valence electrons. The number of fused-ring (bicyclic) bond motifs is 1. The number of phenols is 2. The molecule has 0 unspecified atom stereocenters. The summed E-state index contributed by atoms with van der Waals surface area (Å²) in [7, 11) is 0. The van der Waals surface area contributed by atoms with E-state index in [0.29, 0.717) is 26.8 Å². The molecule has 4 aromatic rings. The van der Waals surface area contributed by atoms with Gasteiger partial charge in [-0.15, -0.1) is 0 Å². The lowest BCUT2D eigenvalue weighted by Gasteiger charge is -2.13. The molecule has 26 heavy (non-hydrogen) atoms. The number of hydrogen-bond acceptors (Lipinski definition) is 3. The number of aromatic hydroxyl groups is 2. The second-order valence-electron chi connectivity index (χ2n) is 5.90. The molecular weight excluding hydrogens is 369 g/mol. The summed E-state index contributed by atoms with van der Waals surface area (Å²) in [4.78, 5) is 4.63. The van der Waals surface area contributed by atoms with E-state index in [-0.39, 0.29) is 11.5 Å². The highest BCUT2D eigenvalue weighted by molar-refractivity contribution is 6.34. The molecule has 3 nitrogen and oxygen atoms in total. The Balaban J connectivity index is 2.07. The van der Waals surface area contributed by atoms with Gasteiger partial charge in [-0.1, -0.05) is 41.4 Å². The minimum Gasteiger partial charge on any atom is -0.508 e. The predicted molar refractivity (Wildman–Crippen MR) is 106 cm³/mol. The lowest BCUT2D eigenvalue weighted by atomic mass is 9.98. The molecule has 0 atom stereocenters. The summed E-state index contributed by atoms with van der Waals surface area (Å²) in [6.45, 7) is 0. The predicted octanol–water partition coefficient (Wildman–Crippen LogP) is 6.29. The van der Waals surface area contributed by atoms with Crippen molar-refractivity contribution in [3.8, 4) is 33.9 Å². The van der Waals surface area contributed by atoms with Gasteiger partial charge in [0.25, 0.3) is 0 Å². The molecule has 0 fully saturated rings. The third-order valence-electron chi connectivity index (χ3n) is 4.19. The number of hydrogen-bond donors (Lipinski definition) is 2. The van der Waals surface area contributed by atoms with Gasteiger partial charge in [0.15, 0.2) is 0 Å². The average molecular weight is 382 g/mol. The number of pyridine rings is 1. The summed E-state index contributed by atoms with van der Waals surface area (Å²) in [6, 6.07) is 19.1. The molecule has 1 aromatic heterocycles. The van der Waals surface area contributed by atoms with Gasteiger partial charge >= 0.3 is 0 Å². The van der Waals surface area contributed by atoms with Crippen molar-refractivity contribution in [3.05, 3.63) is 76.8 Å². The Morgan fingerprint density at radius 3 is 2.35 bits per heavy atom. The van der Waals surface area contributed by atoms with Crippen LogP contribution in [0.2, 0.25) is 10.0 Å². The van der Waals surface area contributed by atoms with Crippen molar-refractivity contribution in [2.24, 2.45) is 0 Å². The second kappa shape index (κ2) is 6.52. The molecule has 2 N–H and O–H groups in total. The Labute approximate surface area is 160 Å². The van der Waals surface area contributed by atoms with E-state index in [2.05, 4.69) is 4.98 Å². The Kier molecular flexibility index (Phi) is 4.19. The highest BCUT2D eigenvalue weighted by Crippen LogP contribution is 2.39. The van der Waals surface area contributed by atoms with Crippen LogP contribution in [0.3, 0.4) is 0 Å². The molecule has 5 heteroatoms. The van der Waals surface area contributed by atoms with Crippen molar-refractivity contribution >= 4 is 34.1 Å². The smallest absolute Gasteiger partial charge is 0.125 e. The molecular formula is C21H13Cl2NO2. The van der Waals surface area contributed by atoms with Crippen LogP contribution in [0.1, 0.15) is 0 Å². The zero-order valence-electron chi connectivity index (χ0n) is 13.4. The van der Waals surface area contributed by atoms with Gasteiger partial charge in [-0.3, -0.25) is 0 Å². The van der Waals surface area contributed by atoms with Crippen LogP contribution in [0, 0.1) is 0 Å². The van der Waals surface area contributed by atoms with Gasteiger partial charge in [0.2, 0.25) is 0 Å². The molecule has 1 heterocycles. The highest BCUT2D eigenvalue weighted by Gasteiger charge is 2.14. The molecule has 0 aliphatic heterocycles. The second-order valence-corrected chi connectivity index (χ2v) is 6.74. The Hall–Kier alpha value is -2.75. The van der Waals surface area contributed by atoms with Crippen molar-refractivity contribution in [1.82, 2.24) is 4.98 Å². The van der Waals surface area contributed by atoms with Crippen LogP contribution < -0.4 is 0 Å². The Morgan fingerprint density at radius 1 is 0.731 bits per heavy atom. The fraction of sp³-hybridized carbons (Fsp3) is 0. The van der Waals surface area contributed by atoms with E-state index in [9.17, 15) is 10.2 Å². The fourth-order valence-electron chi connectivity index (χ4n) is 2.97. The van der Waals surface area contributed by atoms with E-state index in [4.69, 9.17) is 23.2 Å². The third kappa shape index (κ3) is 2.96. The first-order chi connectivity index (χ1) is 12.5. The largest absolute Gasteiger partial charge is 0.508 e. The molecule has 0 radical (unpaired) electrons. The molecule has 0 bridgehead atoms. The SMILES string of the molecule is Oc1ccc(O)c(-c2cc(-c3ccccc3Cl)c3cc(Cl)ccc3n2)c1. The van der Waals surface area contributed by atoms with Crippen molar-refractivity contribution in [1.29, 1.82) is 0 Å². The highest BCUT2D eigenvalue weighted by atomic mass is 35.5. The quantitative estimate of drug-likeness (QED) is 0.401. The first-order valence-electron chi connectivity index (χ1n) is 7.90. The lowest BCUT2D eigenvalue weighted by Crippen LogP contribution is -1.91. The van der Waals surface area contributed by atoms with Gasteiger partial charge in [-0.2, -0.15) is 0 Å². The number of nitrogens with zero attached hydrogens (tertiary/aromatic N) is 1. The molecule has 0 amide bonds. The van der Waals surface area contributed by atoms with Gasteiger partial charge in [-0.25, -0.2) is 4.98 Å². The Morgan fingerprint density at radius 2 is 1.54 bits per heavy atom. The zero-order chi connectivity index (χ0) is 18.3. The minimum atomic E-state index is 0.0359. The zero-order valence-corrected chi connectivity index (χ0v) is 15.0. The van der Waals surface area contributed by atoms with Gasteiger partial charge < -0.3 is 10.2 Å². The van der Waals surface area contributed by atoms with Crippen LogP contribution in [0.4, 0.5) is 0 Å². The summed E-state index contributed by atoms with van der Waals surface area (Å²) in [5, 5.41) is 22.1. The number of phenolic OH excluding ortho intramolecular Hbond substituents is 2. The normalized spacial score (nSPS) is 11.0. The molecule has 0 aliphatic rings. The molecule has 0 saturated carbocycles. The standard InChI is InChI=1S/C21H13Cl2NO2/c22-12-5-7-19-16(9-12)15(14-3-1-2-4-18(14)23)11-20(24-19)17-10-13(25)6-8-21(17)26/h1-11,25-26H. The molecule has 3 aromatic carbocycles. The molecule has 0 aliphatic carbocycles. The number of benzene rings is 3. The summed E-state index contributed by atoms with van der Waals surface area (Å²) in [5.74, 6) is 0.0869. The van der Waals surface area contributed by atoms with Crippen LogP contribution in [0.5, 0.6) is 11.5 Å². The van der Waals surface area contributed by atoms with Crippen LogP contribution in [-0.2, 0) is 0 Å². The van der Waals surface area contributed by atoms with Crippen molar-refractivity contribution < 1.29 is 10.2 Å². The maximum Gasteiger partial charge on any atom is 0.125 e. The maximum absolute atomic E-state index is 10.2. The first-order valence-corrected chi connectivity index (χ1v) is 8.66. The van der Waals surface area contributed by atoms with Gasteiger partial charge in [0.1, 0.15) is 11.5 Å². The van der Waals surface area contributed by atoms with Crippen LogP contribution in [0.25, 0.3) is 33.3 Å². The van der Waals surface area contributed by atoms with E-state index in [0.717, 1.165) is 16.5 Å². The monoisotopic (exact) mass is 381 g/mol. The van der Waals surface area contributed by atoms with Crippen molar-refractivity contribution in [2.75, 3.05) is 0 Å². The van der Waals surface area contributed by atoms with Crippen LogP contribution in [0.15, 0.2) is 66.7 Å². The third-order valence-corrected chi connectivity index (χ3v) is 4.76. The number of aromatic nitrogens is 1. The van der Waals surface area contributed by atoms with Gasteiger partial charge in [0.05, 0.1) is 11.2 Å². The van der Waals surface area contributed by atoms with Crippen molar-refractivity contribution in [2.45, 2.75) is 0 Å². The Bertz CT molecular complexity index is 1140. The lowest BCUT2D eigenvalue weighted by molar-refractivity contribution is 0.461. The van der Waals surface area contributed by atoms with E-state index in [1.807, 2.05) is 42.5 Å². The topological polar surface area (TPSA) is 53.4 Å². The molecule has 0 saturated heterocycles. The maximum atomic E-state index is 10.2. The van der Waals surface area contributed by atoms with Crippen molar-refractivity contribution in [3.63, 3.8) is 0 Å². The van der Waals surface area contributed by atoms with Crippen LogP contribution >= 0.6 is 23.2 Å². The van der Waals surface area contributed by atoms with E-state index < -0.39 is 0 Å². The number of halogens is 2. The average Bonchev–Trinajstić information content (AvgIpc) is 2.63. The number of rotatable bonds is 2. The van der Waals surface area contributed by atoms with Crippen LogP contribution in [-0.4, -0.2) is 15.2 Å².